The van der Waals surface area contributed by atoms with E-state index in [1.807, 2.05) is 0 Å². The summed E-state index contributed by atoms with van der Waals surface area (Å²) < 4.78 is 16.0. The Bertz CT molecular complexity index is 460. The summed E-state index contributed by atoms with van der Waals surface area (Å²) in [5.74, 6) is 1.17. The predicted octanol–water partition coefficient (Wildman–Crippen LogP) is 1.99. The highest BCUT2D eigenvalue weighted by atomic mass is 79.9. The van der Waals surface area contributed by atoms with Crippen LogP contribution in [0.4, 0.5) is 0 Å². The Morgan fingerprint density at radius 3 is 2.85 bits per heavy atom. The molecule has 1 N–H and O–H groups in total. The van der Waals surface area contributed by atoms with Crippen LogP contribution in [-0.2, 0) is 4.74 Å². The molecule has 1 aromatic rings. The number of benzene rings is 1. The van der Waals surface area contributed by atoms with Gasteiger partial charge in [0.05, 0.1) is 12.6 Å². The second kappa shape index (κ2) is 7.50. The second-order valence-electron chi connectivity index (χ2n) is 4.46. The molecule has 2 rings (SSSR count). The minimum absolute atomic E-state index is 0.0138. The Kier molecular flexibility index (Phi) is 5.67. The summed E-state index contributed by atoms with van der Waals surface area (Å²) >= 11 is 3.37. The van der Waals surface area contributed by atoms with Gasteiger partial charge in [-0.05, 0) is 24.6 Å². The van der Waals surface area contributed by atoms with Gasteiger partial charge in [0.15, 0.2) is 11.5 Å². The first-order valence-corrected chi connectivity index (χ1v) is 7.62. The van der Waals surface area contributed by atoms with E-state index >= 15 is 0 Å². The molecule has 1 aliphatic rings. The number of halogens is 1. The molecule has 1 amide bonds. The van der Waals surface area contributed by atoms with Crippen molar-refractivity contribution in [3.8, 4) is 11.5 Å². The van der Waals surface area contributed by atoms with Crippen molar-refractivity contribution in [3.05, 3.63) is 23.8 Å². The maximum Gasteiger partial charge on any atom is 0.251 e. The van der Waals surface area contributed by atoms with Crippen LogP contribution in [0.2, 0.25) is 0 Å². The molecule has 110 valence electrons. The van der Waals surface area contributed by atoms with Gasteiger partial charge in [-0.2, -0.15) is 0 Å². The van der Waals surface area contributed by atoms with Crippen molar-refractivity contribution in [1.82, 2.24) is 5.32 Å². The van der Waals surface area contributed by atoms with Gasteiger partial charge >= 0.3 is 0 Å². The minimum atomic E-state index is -0.134. The van der Waals surface area contributed by atoms with E-state index in [9.17, 15) is 4.79 Å². The standard InChI is InChI=1S/C14H18BrNO4/c1-18-9-11(4-5-15)16-14(17)10-2-3-12-13(8-10)20-7-6-19-12/h2-3,8,11H,4-7,9H2,1H3,(H,16,17). The zero-order chi connectivity index (χ0) is 14.4. The maximum absolute atomic E-state index is 12.2. The zero-order valence-corrected chi connectivity index (χ0v) is 12.9. The number of nitrogens with one attached hydrogen (secondary N) is 1. The topological polar surface area (TPSA) is 56.8 Å². The van der Waals surface area contributed by atoms with Crippen LogP contribution in [0.25, 0.3) is 0 Å². The van der Waals surface area contributed by atoms with Crippen molar-refractivity contribution in [1.29, 1.82) is 0 Å². The average Bonchev–Trinajstić information content (AvgIpc) is 2.47. The van der Waals surface area contributed by atoms with Crippen molar-refractivity contribution in [2.24, 2.45) is 0 Å². The third-order valence-electron chi connectivity index (χ3n) is 2.97. The Morgan fingerprint density at radius 2 is 2.15 bits per heavy atom. The van der Waals surface area contributed by atoms with Crippen LogP contribution in [0.1, 0.15) is 16.8 Å². The van der Waals surface area contributed by atoms with E-state index in [0.717, 1.165) is 11.8 Å². The van der Waals surface area contributed by atoms with Gasteiger partial charge in [-0.25, -0.2) is 0 Å². The largest absolute Gasteiger partial charge is 0.486 e. The normalized spacial score (nSPS) is 14.7. The van der Waals surface area contributed by atoms with Gasteiger partial charge in [-0.15, -0.1) is 0 Å². The molecule has 5 nitrogen and oxygen atoms in total. The fourth-order valence-corrected chi connectivity index (χ4v) is 2.54. The van der Waals surface area contributed by atoms with Crippen LogP contribution in [0.15, 0.2) is 18.2 Å². The van der Waals surface area contributed by atoms with Crippen molar-refractivity contribution >= 4 is 21.8 Å². The van der Waals surface area contributed by atoms with Crippen LogP contribution >= 0.6 is 15.9 Å². The number of hydrogen-bond acceptors (Lipinski definition) is 4. The number of rotatable bonds is 6. The molecule has 6 heteroatoms. The number of hydrogen-bond donors (Lipinski definition) is 1. The van der Waals surface area contributed by atoms with E-state index in [0.29, 0.717) is 36.9 Å². The van der Waals surface area contributed by atoms with Gasteiger partial charge < -0.3 is 19.5 Å². The Balaban J connectivity index is 2.04. The Hall–Kier alpha value is -1.27. The van der Waals surface area contributed by atoms with E-state index in [4.69, 9.17) is 14.2 Å². The number of carbonyl (C=O) groups excluding carboxylic acids is 1. The lowest BCUT2D eigenvalue weighted by atomic mass is 10.1. The number of carbonyl (C=O) groups is 1. The predicted molar refractivity (Wildman–Crippen MR) is 79.0 cm³/mol. The highest BCUT2D eigenvalue weighted by Gasteiger charge is 2.17. The third-order valence-corrected chi connectivity index (χ3v) is 3.42. The molecule has 0 bridgehead atoms. The van der Waals surface area contributed by atoms with Crippen molar-refractivity contribution in [2.45, 2.75) is 12.5 Å². The zero-order valence-electron chi connectivity index (χ0n) is 11.4. The molecule has 1 unspecified atom stereocenters. The van der Waals surface area contributed by atoms with E-state index in [1.165, 1.54) is 0 Å². The van der Waals surface area contributed by atoms with E-state index in [1.54, 1.807) is 25.3 Å². The van der Waals surface area contributed by atoms with Gasteiger partial charge in [-0.3, -0.25) is 4.79 Å². The number of ether oxygens (including phenoxy) is 3. The summed E-state index contributed by atoms with van der Waals surface area (Å²) in [7, 11) is 1.62. The molecule has 0 radical (unpaired) electrons. The van der Waals surface area contributed by atoms with Crippen LogP contribution in [0, 0.1) is 0 Å². The summed E-state index contributed by atoms with van der Waals surface area (Å²) in [5.41, 5.74) is 0.560. The molecule has 1 aromatic carbocycles. The van der Waals surface area contributed by atoms with Crippen LogP contribution in [-0.4, -0.2) is 44.2 Å². The highest BCUT2D eigenvalue weighted by Crippen LogP contribution is 2.30. The van der Waals surface area contributed by atoms with Crippen LogP contribution in [0.3, 0.4) is 0 Å². The van der Waals surface area contributed by atoms with E-state index in [2.05, 4.69) is 21.2 Å². The minimum Gasteiger partial charge on any atom is -0.486 e. The summed E-state index contributed by atoms with van der Waals surface area (Å²) in [6.45, 7) is 1.54. The van der Waals surface area contributed by atoms with E-state index in [-0.39, 0.29) is 11.9 Å². The molecule has 1 aliphatic heterocycles. The summed E-state index contributed by atoms with van der Waals surface area (Å²) in [4.78, 5) is 12.2. The molecule has 0 aromatic heterocycles. The fourth-order valence-electron chi connectivity index (χ4n) is 1.98. The monoisotopic (exact) mass is 343 g/mol. The molecule has 0 saturated carbocycles. The first-order valence-electron chi connectivity index (χ1n) is 6.50. The van der Waals surface area contributed by atoms with Gasteiger partial charge in [0.2, 0.25) is 0 Å². The first-order chi connectivity index (χ1) is 9.74. The van der Waals surface area contributed by atoms with Crippen molar-refractivity contribution in [2.75, 3.05) is 32.3 Å². The quantitative estimate of drug-likeness (QED) is 0.802. The molecular weight excluding hydrogens is 326 g/mol. The number of amides is 1. The lowest BCUT2D eigenvalue weighted by Crippen LogP contribution is -2.38. The van der Waals surface area contributed by atoms with Gasteiger partial charge in [-0.1, -0.05) is 15.9 Å². The van der Waals surface area contributed by atoms with Gasteiger partial charge in [0, 0.05) is 18.0 Å². The third kappa shape index (κ3) is 3.86. The highest BCUT2D eigenvalue weighted by molar-refractivity contribution is 9.09. The lowest BCUT2D eigenvalue weighted by molar-refractivity contribution is 0.0894. The summed E-state index contributed by atoms with van der Waals surface area (Å²) in [6.07, 6.45) is 0.810. The SMILES string of the molecule is COCC(CCBr)NC(=O)c1ccc2c(c1)OCCO2. The number of fused-ring (bicyclic) bond motifs is 1. The van der Waals surface area contributed by atoms with Gasteiger partial charge in [0.1, 0.15) is 13.2 Å². The molecular formula is C14H18BrNO4. The Morgan fingerprint density at radius 1 is 1.40 bits per heavy atom. The molecule has 1 atom stereocenters. The molecule has 1 heterocycles. The molecule has 20 heavy (non-hydrogen) atoms. The number of methoxy groups -OCH3 is 1. The van der Waals surface area contributed by atoms with Crippen molar-refractivity contribution < 1.29 is 19.0 Å². The van der Waals surface area contributed by atoms with Crippen molar-refractivity contribution in [3.63, 3.8) is 0 Å². The van der Waals surface area contributed by atoms with Crippen LogP contribution < -0.4 is 14.8 Å². The molecule has 0 spiro atoms. The fraction of sp³-hybridized carbons (Fsp3) is 0.500. The average molecular weight is 344 g/mol. The first kappa shape index (κ1) is 15.1. The van der Waals surface area contributed by atoms with Crippen LogP contribution in [0.5, 0.6) is 11.5 Å². The molecule has 0 saturated heterocycles. The lowest BCUT2D eigenvalue weighted by Gasteiger charge is -2.20. The van der Waals surface area contributed by atoms with Gasteiger partial charge in [0.25, 0.3) is 5.91 Å². The summed E-state index contributed by atoms with van der Waals surface area (Å²) in [6, 6.07) is 5.20. The smallest absolute Gasteiger partial charge is 0.251 e. The summed E-state index contributed by atoms with van der Waals surface area (Å²) in [5, 5.41) is 3.76. The number of alkyl halides is 1. The second-order valence-corrected chi connectivity index (χ2v) is 5.25. The molecule has 0 aliphatic carbocycles. The van der Waals surface area contributed by atoms with E-state index < -0.39 is 0 Å². The maximum atomic E-state index is 12.2. The molecule has 0 fully saturated rings. The Labute approximate surface area is 126 Å².